The lowest BCUT2D eigenvalue weighted by Gasteiger charge is -2.18. The molecule has 1 atom stereocenters. The van der Waals surface area contributed by atoms with Crippen molar-refractivity contribution in [2.75, 3.05) is 13.6 Å². The van der Waals surface area contributed by atoms with Crippen molar-refractivity contribution in [3.05, 3.63) is 35.4 Å². The predicted molar refractivity (Wildman–Crippen MR) is 63.8 cm³/mol. The second-order valence-electron chi connectivity index (χ2n) is 4.14. The zero-order chi connectivity index (χ0) is 12.0. The number of hydrogen-bond donors (Lipinski definition) is 1. The first kappa shape index (κ1) is 12.7. The summed E-state index contributed by atoms with van der Waals surface area (Å²) in [5, 5.41) is 18.1. The maximum Gasteiger partial charge on any atom is 0.0995 e. The molecule has 3 heteroatoms. The molecular formula is C13H18N2O. The fraction of sp³-hybridized carbons (Fsp3) is 0.462. The predicted octanol–water partition coefficient (Wildman–Crippen LogP) is 1.76. The van der Waals surface area contributed by atoms with Crippen LogP contribution in [0, 0.1) is 11.3 Å². The van der Waals surface area contributed by atoms with Crippen molar-refractivity contribution < 1.29 is 5.11 Å². The summed E-state index contributed by atoms with van der Waals surface area (Å²) in [6, 6.07) is 9.81. The summed E-state index contributed by atoms with van der Waals surface area (Å²) in [7, 11) is 2.00. The van der Waals surface area contributed by atoms with Crippen LogP contribution in [0.1, 0.15) is 24.5 Å². The minimum atomic E-state index is -0.270. The quantitative estimate of drug-likeness (QED) is 0.819. The highest BCUT2D eigenvalue weighted by atomic mass is 16.3. The lowest BCUT2D eigenvalue weighted by Crippen LogP contribution is -2.22. The Kier molecular flexibility index (Phi) is 4.97. The van der Waals surface area contributed by atoms with E-state index in [2.05, 4.69) is 11.0 Å². The van der Waals surface area contributed by atoms with Crippen molar-refractivity contribution in [2.24, 2.45) is 0 Å². The van der Waals surface area contributed by atoms with Crippen LogP contribution in [0.3, 0.4) is 0 Å². The van der Waals surface area contributed by atoms with E-state index in [1.807, 2.05) is 31.3 Å². The van der Waals surface area contributed by atoms with Crippen LogP contribution in [-0.2, 0) is 6.54 Å². The largest absolute Gasteiger partial charge is 0.393 e. The second kappa shape index (κ2) is 6.26. The van der Waals surface area contributed by atoms with Gasteiger partial charge in [-0.1, -0.05) is 18.2 Å². The van der Waals surface area contributed by atoms with Gasteiger partial charge < -0.3 is 10.0 Å². The lowest BCUT2D eigenvalue weighted by molar-refractivity contribution is 0.163. The molecule has 0 bridgehead atoms. The average molecular weight is 218 g/mol. The zero-order valence-electron chi connectivity index (χ0n) is 9.85. The van der Waals surface area contributed by atoms with Gasteiger partial charge in [0.05, 0.1) is 17.7 Å². The molecule has 0 aliphatic rings. The summed E-state index contributed by atoms with van der Waals surface area (Å²) in [5.74, 6) is 0. The fourth-order valence-electron chi connectivity index (χ4n) is 1.54. The first-order chi connectivity index (χ1) is 7.63. The van der Waals surface area contributed by atoms with Gasteiger partial charge in [0.25, 0.3) is 0 Å². The van der Waals surface area contributed by atoms with Crippen LogP contribution in [0.4, 0.5) is 0 Å². The molecule has 0 saturated heterocycles. The molecule has 1 N–H and O–H groups in total. The van der Waals surface area contributed by atoms with E-state index >= 15 is 0 Å². The van der Waals surface area contributed by atoms with Crippen molar-refractivity contribution in [2.45, 2.75) is 26.0 Å². The fourth-order valence-corrected chi connectivity index (χ4v) is 1.54. The van der Waals surface area contributed by atoms with Gasteiger partial charge in [-0.25, -0.2) is 0 Å². The number of nitrogens with zero attached hydrogens (tertiary/aromatic N) is 2. The van der Waals surface area contributed by atoms with E-state index in [0.717, 1.165) is 30.6 Å². The van der Waals surface area contributed by atoms with Gasteiger partial charge in [0.2, 0.25) is 0 Å². The molecule has 0 aromatic heterocycles. The van der Waals surface area contributed by atoms with E-state index in [1.165, 1.54) is 0 Å². The molecule has 3 nitrogen and oxygen atoms in total. The highest BCUT2D eigenvalue weighted by Gasteiger charge is 2.05. The van der Waals surface area contributed by atoms with Crippen LogP contribution in [-0.4, -0.2) is 29.7 Å². The first-order valence-electron chi connectivity index (χ1n) is 5.48. The highest BCUT2D eigenvalue weighted by molar-refractivity contribution is 5.37. The maximum atomic E-state index is 9.19. The van der Waals surface area contributed by atoms with E-state index < -0.39 is 0 Å². The maximum absolute atomic E-state index is 9.19. The van der Waals surface area contributed by atoms with Gasteiger partial charge in [-0.05, 0) is 32.0 Å². The van der Waals surface area contributed by atoms with Gasteiger partial charge in [-0.15, -0.1) is 0 Å². The minimum Gasteiger partial charge on any atom is -0.393 e. The molecule has 16 heavy (non-hydrogen) atoms. The molecule has 0 fully saturated rings. The third-order valence-electron chi connectivity index (χ3n) is 2.51. The molecule has 0 heterocycles. The van der Waals surface area contributed by atoms with Crippen LogP contribution in [0.2, 0.25) is 0 Å². The summed E-state index contributed by atoms with van der Waals surface area (Å²) in [4.78, 5) is 2.11. The Labute approximate surface area is 96.9 Å². The molecule has 0 radical (unpaired) electrons. The van der Waals surface area contributed by atoms with Gasteiger partial charge >= 0.3 is 0 Å². The number of nitriles is 1. The average Bonchev–Trinajstić information content (AvgIpc) is 2.27. The van der Waals surface area contributed by atoms with E-state index in [1.54, 1.807) is 6.92 Å². The summed E-state index contributed by atoms with van der Waals surface area (Å²) in [5.41, 5.74) is 1.77. The molecule has 86 valence electrons. The third kappa shape index (κ3) is 4.01. The number of hydrogen-bond acceptors (Lipinski definition) is 3. The van der Waals surface area contributed by atoms with Gasteiger partial charge in [-0.2, -0.15) is 5.26 Å². The smallest absolute Gasteiger partial charge is 0.0995 e. The second-order valence-corrected chi connectivity index (χ2v) is 4.14. The molecule has 0 aliphatic heterocycles. The SMILES string of the molecule is C[C@H](O)CCN(C)Cc1ccccc1C#N. The molecule has 0 unspecified atom stereocenters. The Morgan fingerprint density at radius 2 is 2.12 bits per heavy atom. The van der Waals surface area contributed by atoms with Gasteiger partial charge in [0, 0.05) is 13.1 Å². The Bertz CT molecular complexity index is 368. The van der Waals surface area contributed by atoms with Crippen molar-refractivity contribution in [1.29, 1.82) is 5.26 Å². The zero-order valence-corrected chi connectivity index (χ0v) is 9.85. The molecule has 0 amide bonds. The van der Waals surface area contributed by atoms with Crippen LogP contribution in [0.5, 0.6) is 0 Å². The minimum absolute atomic E-state index is 0.270. The number of aliphatic hydroxyl groups excluding tert-OH is 1. The van der Waals surface area contributed by atoms with Crippen molar-refractivity contribution >= 4 is 0 Å². The van der Waals surface area contributed by atoms with Crippen LogP contribution < -0.4 is 0 Å². The molecule has 0 spiro atoms. The topological polar surface area (TPSA) is 47.3 Å². The molecule has 1 aromatic carbocycles. The van der Waals surface area contributed by atoms with E-state index in [9.17, 15) is 5.11 Å². The molecule has 1 aromatic rings. The Morgan fingerprint density at radius 3 is 2.75 bits per heavy atom. The molecule has 1 rings (SSSR count). The van der Waals surface area contributed by atoms with E-state index in [4.69, 9.17) is 5.26 Å². The molecular weight excluding hydrogens is 200 g/mol. The lowest BCUT2D eigenvalue weighted by atomic mass is 10.1. The summed E-state index contributed by atoms with van der Waals surface area (Å²) < 4.78 is 0. The Morgan fingerprint density at radius 1 is 1.44 bits per heavy atom. The summed E-state index contributed by atoms with van der Waals surface area (Å²) >= 11 is 0. The van der Waals surface area contributed by atoms with E-state index in [0.29, 0.717) is 0 Å². The van der Waals surface area contributed by atoms with Gasteiger partial charge in [-0.3, -0.25) is 0 Å². The number of rotatable bonds is 5. The number of aliphatic hydroxyl groups is 1. The normalized spacial score (nSPS) is 12.4. The number of benzene rings is 1. The van der Waals surface area contributed by atoms with Gasteiger partial charge in [0.1, 0.15) is 0 Å². The van der Waals surface area contributed by atoms with Crippen LogP contribution in [0.25, 0.3) is 0 Å². The first-order valence-corrected chi connectivity index (χ1v) is 5.48. The van der Waals surface area contributed by atoms with Crippen molar-refractivity contribution in [3.8, 4) is 6.07 Å². The molecule has 0 aliphatic carbocycles. The molecule has 0 saturated carbocycles. The Balaban J connectivity index is 2.56. The van der Waals surface area contributed by atoms with Crippen LogP contribution in [0.15, 0.2) is 24.3 Å². The Hall–Kier alpha value is -1.37. The van der Waals surface area contributed by atoms with Crippen LogP contribution >= 0.6 is 0 Å². The monoisotopic (exact) mass is 218 g/mol. The standard InChI is InChI=1S/C13H18N2O/c1-11(16)7-8-15(2)10-13-6-4-3-5-12(13)9-14/h3-6,11,16H,7-8,10H2,1-2H3/t11-/m0/s1. The summed E-state index contributed by atoms with van der Waals surface area (Å²) in [6.07, 6.45) is 0.485. The van der Waals surface area contributed by atoms with Crippen molar-refractivity contribution in [1.82, 2.24) is 4.90 Å². The highest BCUT2D eigenvalue weighted by Crippen LogP contribution is 2.10. The van der Waals surface area contributed by atoms with Crippen molar-refractivity contribution in [3.63, 3.8) is 0 Å². The summed E-state index contributed by atoms with van der Waals surface area (Å²) in [6.45, 7) is 3.37. The van der Waals surface area contributed by atoms with E-state index in [-0.39, 0.29) is 6.10 Å². The third-order valence-corrected chi connectivity index (χ3v) is 2.51. The van der Waals surface area contributed by atoms with Gasteiger partial charge in [0.15, 0.2) is 0 Å².